The van der Waals surface area contributed by atoms with Crippen LogP contribution in [0.3, 0.4) is 0 Å². The first-order valence-electron chi connectivity index (χ1n) is 5.76. The maximum atomic E-state index is 12.8. The summed E-state index contributed by atoms with van der Waals surface area (Å²) in [5.74, 6) is 0. The highest BCUT2D eigenvalue weighted by molar-refractivity contribution is 6.29. The summed E-state index contributed by atoms with van der Waals surface area (Å²) in [6.45, 7) is -0.292. The van der Waals surface area contributed by atoms with Crippen LogP contribution in [0.15, 0.2) is 24.4 Å². The van der Waals surface area contributed by atoms with Crippen LogP contribution in [-0.2, 0) is 19.1 Å². The number of pyridine rings is 1. The van der Waals surface area contributed by atoms with Crippen LogP contribution in [0.4, 0.5) is 13.2 Å². The van der Waals surface area contributed by atoms with Gasteiger partial charge in [0, 0.05) is 18.4 Å². The van der Waals surface area contributed by atoms with E-state index in [9.17, 15) is 13.2 Å². The zero-order valence-electron chi connectivity index (χ0n) is 10.2. The molecule has 0 spiro atoms. The molecule has 4 nitrogen and oxygen atoms in total. The zero-order chi connectivity index (χ0) is 14.8. The number of aromatic nitrogens is 3. The van der Waals surface area contributed by atoms with Gasteiger partial charge in [0.2, 0.25) is 0 Å². The number of halogens is 4. The molecule has 108 valence electrons. The van der Waals surface area contributed by atoms with Crippen LogP contribution in [0.5, 0.6) is 0 Å². The van der Waals surface area contributed by atoms with Crippen molar-refractivity contribution in [3.8, 4) is 0 Å². The highest BCUT2D eigenvalue weighted by Crippen LogP contribution is 2.31. The van der Waals surface area contributed by atoms with Crippen molar-refractivity contribution in [2.45, 2.75) is 19.1 Å². The number of rotatable bonds is 4. The Labute approximate surface area is 117 Å². The molecule has 2 rings (SSSR count). The average Bonchev–Trinajstić information content (AvgIpc) is 2.72. The molecule has 0 saturated carbocycles. The molecule has 20 heavy (non-hydrogen) atoms. The predicted octanol–water partition coefficient (Wildman–Crippen LogP) is 2.53. The van der Waals surface area contributed by atoms with E-state index in [0.717, 1.165) is 4.68 Å². The quantitative estimate of drug-likeness (QED) is 0.883. The monoisotopic (exact) mass is 305 g/mol. The molecule has 2 heterocycles. The molecule has 1 N–H and O–H groups in total. The summed E-state index contributed by atoms with van der Waals surface area (Å²) in [6, 6.07) is 4.88. The minimum atomic E-state index is -4.54. The smallest absolute Gasteiger partial charge is 0.396 e. The van der Waals surface area contributed by atoms with Crippen LogP contribution in [0.1, 0.15) is 17.0 Å². The number of hydrogen-bond donors (Lipinski definition) is 1. The van der Waals surface area contributed by atoms with Gasteiger partial charge in [0.15, 0.2) is 5.69 Å². The SMILES string of the molecule is OCCc1cn(Cc2cccc(Cl)n2)nc1C(F)(F)F. The summed E-state index contributed by atoms with van der Waals surface area (Å²) < 4.78 is 39.5. The fourth-order valence-electron chi connectivity index (χ4n) is 1.79. The molecule has 0 saturated heterocycles. The lowest BCUT2D eigenvalue weighted by Gasteiger charge is -2.04. The van der Waals surface area contributed by atoms with E-state index in [1.165, 1.54) is 6.20 Å². The molecule has 8 heteroatoms. The number of alkyl halides is 3. The van der Waals surface area contributed by atoms with Crippen LogP contribution in [0, 0.1) is 0 Å². The largest absolute Gasteiger partial charge is 0.435 e. The Morgan fingerprint density at radius 3 is 2.65 bits per heavy atom. The summed E-state index contributed by atoms with van der Waals surface area (Å²) in [4.78, 5) is 3.99. The normalized spacial score (nSPS) is 11.8. The molecule has 0 radical (unpaired) electrons. The van der Waals surface area contributed by atoms with E-state index in [1.54, 1.807) is 18.2 Å². The number of aliphatic hydroxyl groups is 1. The molecule has 0 fully saturated rings. The minimum absolute atomic E-state index is 0.0398. The van der Waals surface area contributed by atoms with E-state index in [-0.39, 0.29) is 30.3 Å². The number of hydrogen-bond acceptors (Lipinski definition) is 3. The first-order chi connectivity index (χ1) is 9.40. The first-order valence-corrected chi connectivity index (χ1v) is 6.14. The second-order valence-electron chi connectivity index (χ2n) is 4.12. The van der Waals surface area contributed by atoms with Crippen LogP contribution in [-0.4, -0.2) is 26.5 Å². The maximum Gasteiger partial charge on any atom is 0.435 e. The van der Waals surface area contributed by atoms with Gasteiger partial charge in [0.25, 0.3) is 0 Å². The lowest BCUT2D eigenvalue weighted by Crippen LogP contribution is -2.11. The fourth-order valence-corrected chi connectivity index (χ4v) is 1.97. The summed E-state index contributed by atoms with van der Waals surface area (Å²) in [5, 5.41) is 12.6. The van der Waals surface area contributed by atoms with E-state index in [0.29, 0.717) is 5.69 Å². The predicted molar refractivity (Wildman–Crippen MR) is 66.4 cm³/mol. The average molecular weight is 306 g/mol. The molecule has 2 aromatic heterocycles. The second-order valence-corrected chi connectivity index (χ2v) is 4.51. The van der Waals surface area contributed by atoms with E-state index in [2.05, 4.69) is 10.1 Å². The van der Waals surface area contributed by atoms with Crippen molar-refractivity contribution in [2.24, 2.45) is 0 Å². The first kappa shape index (κ1) is 14.8. The van der Waals surface area contributed by atoms with Gasteiger partial charge in [0.1, 0.15) is 5.15 Å². The van der Waals surface area contributed by atoms with E-state index < -0.39 is 11.9 Å². The van der Waals surface area contributed by atoms with Crippen LogP contribution in [0.25, 0.3) is 0 Å². The van der Waals surface area contributed by atoms with Gasteiger partial charge in [-0.05, 0) is 18.6 Å². The Morgan fingerprint density at radius 1 is 1.30 bits per heavy atom. The van der Waals surface area contributed by atoms with Crippen molar-refractivity contribution in [3.05, 3.63) is 46.5 Å². The van der Waals surface area contributed by atoms with Crippen LogP contribution in [0.2, 0.25) is 5.15 Å². The van der Waals surface area contributed by atoms with Gasteiger partial charge in [-0.2, -0.15) is 18.3 Å². The Bertz CT molecular complexity index is 598. The van der Waals surface area contributed by atoms with Gasteiger partial charge < -0.3 is 5.11 Å². The summed E-state index contributed by atoms with van der Waals surface area (Å²) in [5.41, 5.74) is -0.514. The van der Waals surface area contributed by atoms with Gasteiger partial charge in [0.05, 0.1) is 12.2 Å². The molecule has 0 aromatic carbocycles. The Morgan fingerprint density at radius 2 is 2.05 bits per heavy atom. The molecule has 0 aliphatic rings. The van der Waals surface area contributed by atoms with Crippen molar-refractivity contribution in [1.82, 2.24) is 14.8 Å². The summed E-state index contributed by atoms with van der Waals surface area (Å²) in [6.07, 6.45) is -3.38. The van der Waals surface area contributed by atoms with E-state index >= 15 is 0 Å². The van der Waals surface area contributed by atoms with E-state index in [1.807, 2.05) is 0 Å². The number of nitrogens with zero attached hydrogens (tertiary/aromatic N) is 3. The van der Waals surface area contributed by atoms with Crippen LogP contribution >= 0.6 is 11.6 Å². The van der Waals surface area contributed by atoms with Gasteiger partial charge in [-0.15, -0.1) is 0 Å². The maximum absolute atomic E-state index is 12.8. The molecular weight excluding hydrogens is 295 g/mol. The molecule has 0 unspecified atom stereocenters. The Balaban J connectivity index is 2.29. The van der Waals surface area contributed by atoms with Crippen molar-refractivity contribution in [1.29, 1.82) is 0 Å². The molecule has 0 aliphatic carbocycles. The molecule has 2 aromatic rings. The molecule has 0 bridgehead atoms. The molecule has 0 amide bonds. The standard InChI is InChI=1S/C12H11ClF3N3O/c13-10-3-1-2-9(17-10)7-19-6-8(4-5-20)11(18-19)12(14,15)16/h1-3,6,20H,4-5,7H2. The second kappa shape index (κ2) is 5.80. The zero-order valence-corrected chi connectivity index (χ0v) is 11.0. The highest BCUT2D eigenvalue weighted by atomic mass is 35.5. The number of aliphatic hydroxyl groups excluding tert-OH is 1. The minimum Gasteiger partial charge on any atom is -0.396 e. The lowest BCUT2D eigenvalue weighted by atomic mass is 10.2. The van der Waals surface area contributed by atoms with Crippen molar-refractivity contribution >= 4 is 11.6 Å². The van der Waals surface area contributed by atoms with Gasteiger partial charge in [-0.25, -0.2) is 4.98 Å². The lowest BCUT2D eigenvalue weighted by molar-refractivity contribution is -0.142. The summed E-state index contributed by atoms with van der Waals surface area (Å²) in [7, 11) is 0. The molecule has 0 atom stereocenters. The molecular formula is C12H11ClF3N3O. The third-order valence-electron chi connectivity index (χ3n) is 2.58. The highest BCUT2D eigenvalue weighted by Gasteiger charge is 2.36. The third-order valence-corrected chi connectivity index (χ3v) is 2.79. The Hall–Kier alpha value is -1.60. The third kappa shape index (κ3) is 3.49. The van der Waals surface area contributed by atoms with Crippen molar-refractivity contribution in [3.63, 3.8) is 0 Å². The Kier molecular flexibility index (Phi) is 4.29. The van der Waals surface area contributed by atoms with Crippen LogP contribution < -0.4 is 0 Å². The van der Waals surface area contributed by atoms with Gasteiger partial charge >= 0.3 is 6.18 Å². The van der Waals surface area contributed by atoms with Crippen molar-refractivity contribution < 1.29 is 18.3 Å². The van der Waals surface area contributed by atoms with E-state index in [4.69, 9.17) is 16.7 Å². The fraction of sp³-hybridized carbons (Fsp3) is 0.333. The van der Waals surface area contributed by atoms with Gasteiger partial charge in [-0.1, -0.05) is 17.7 Å². The van der Waals surface area contributed by atoms with Crippen molar-refractivity contribution in [2.75, 3.05) is 6.61 Å². The summed E-state index contributed by atoms with van der Waals surface area (Å²) >= 11 is 5.72. The van der Waals surface area contributed by atoms with Gasteiger partial charge in [-0.3, -0.25) is 4.68 Å². The molecule has 0 aliphatic heterocycles. The topological polar surface area (TPSA) is 50.9 Å².